The normalized spacial score (nSPS) is 14.4. The number of carbonyl (C=O) groups excluding carboxylic acids is 1. The predicted molar refractivity (Wildman–Crippen MR) is 64.4 cm³/mol. The molecular formula is C13H12O2S. The topological polar surface area (TPSA) is 37.3 Å². The number of hydrogen-bond acceptors (Lipinski definition) is 3. The Kier molecular flexibility index (Phi) is 2.90. The molecule has 0 amide bonds. The lowest BCUT2D eigenvalue weighted by Gasteiger charge is -2.24. The molecule has 16 heavy (non-hydrogen) atoms. The summed E-state index contributed by atoms with van der Waals surface area (Å²) in [6, 6.07) is 12.6. The number of thiophene rings is 1. The monoisotopic (exact) mass is 232 g/mol. The first-order chi connectivity index (χ1) is 7.65. The quantitative estimate of drug-likeness (QED) is 0.883. The first-order valence-electron chi connectivity index (χ1n) is 4.98. The van der Waals surface area contributed by atoms with E-state index in [-0.39, 0.29) is 5.78 Å². The van der Waals surface area contributed by atoms with Crippen molar-refractivity contribution < 1.29 is 9.90 Å². The third-order valence-corrected chi connectivity index (χ3v) is 3.56. The fourth-order valence-corrected chi connectivity index (χ4v) is 2.58. The van der Waals surface area contributed by atoms with Gasteiger partial charge in [-0.1, -0.05) is 36.4 Å². The number of aliphatic hydroxyl groups is 1. The zero-order valence-electron chi connectivity index (χ0n) is 8.88. The molecule has 1 aromatic heterocycles. The molecule has 2 rings (SSSR count). The van der Waals surface area contributed by atoms with Gasteiger partial charge in [0.15, 0.2) is 11.4 Å². The zero-order valence-corrected chi connectivity index (χ0v) is 9.70. The van der Waals surface area contributed by atoms with Crippen LogP contribution in [0.15, 0.2) is 47.8 Å². The van der Waals surface area contributed by atoms with Crippen molar-refractivity contribution in [1.82, 2.24) is 0 Å². The van der Waals surface area contributed by atoms with Crippen molar-refractivity contribution in [1.29, 1.82) is 0 Å². The molecule has 0 radical (unpaired) electrons. The predicted octanol–water partition coefficient (Wildman–Crippen LogP) is 2.57. The largest absolute Gasteiger partial charge is 0.373 e. The van der Waals surface area contributed by atoms with Crippen LogP contribution in [0, 0.1) is 0 Å². The zero-order chi connectivity index (χ0) is 11.6. The smallest absolute Gasteiger partial charge is 0.182 e. The van der Waals surface area contributed by atoms with Gasteiger partial charge in [-0.3, -0.25) is 4.79 Å². The highest BCUT2D eigenvalue weighted by Crippen LogP contribution is 2.33. The first kappa shape index (κ1) is 11.0. The van der Waals surface area contributed by atoms with Crippen LogP contribution in [-0.4, -0.2) is 10.9 Å². The van der Waals surface area contributed by atoms with E-state index >= 15 is 0 Å². The Morgan fingerprint density at radius 1 is 1.19 bits per heavy atom. The standard InChI is InChI=1S/C13H12O2S/c1-10(14)13(15,12-8-5-9-16-12)11-6-3-2-4-7-11/h2-9,15H,1H3. The van der Waals surface area contributed by atoms with Crippen LogP contribution in [-0.2, 0) is 10.4 Å². The average Bonchev–Trinajstić information content (AvgIpc) is 2.82. The lowest BCUT2D eigenvalue weighted by molar-refractivity contribution is -0.131. The molecule has 0 saturated heterocycles. The molecule has 0 aliphatic heterocycles. The summed E-state index contributed by atoms with van der Waals surface area (Å²) < 4.78 is 0. The maximum absolute atomic E-state index is 11.7. The molecule has 1 atom stereocenters. The summed E-state index contributed by atoms with van der Waals surface area (Å²) in [4.78, 5) is 12.4. The van der Waals surface area contributed by atoms with Crippen molar-refractivity contribution in [3.8, 4) is 0 Å². The molecule has 0 bridgehead atoms. The minimum absolute atomic E-state index is 0.263. The molecule has 0 aliphatic carbocycles. The molecular weight excluding hydrogens is 220 g/mol. The van der Waals surface area contributed by atoms with Crippen molar-refractivity contribution in [3.63, 3.8) is 0 Å². The van der Waals surface area contributed by atoms with E-state index in [2.05, 4.69) is 0 Å². The minimum atomic E-state index is -1.50. The summed E-state index contributed by atoms with van der Waals surface area (Å²) in [6.45, 7) is 1.41. The van der Waals surface area contributed by atoms with Crippen molar-refractivity contribution in [3.05, 3.63) is 58.3 Å². The van der Waals surface area contributed by atoms with Gasteiger partial charge in [-0.15, -0.1) is 11.3 Å². The van der Waals surface area contributed by atoms with E-state index in [1.54, 1.807) is 18.2 Å². The molecule has 0 aliphatic rings. The third-order valence-electron chi connectivity index (χ3n) is 2.58. The molecule has 0 spiro atoms. The summed E-state index contributed by atoms with van der Waals surface area (Å²) >= 11 is 1.38. The molecule has 0 saturated carbocycles. The molecule has 2 nitrogen and oxygen atoms in total. The van der Waals surface area contributed by atoms with Crippen LogP contribution in [0.4, 0.5) is 0 Å². The Hall–Kier alpha value is -1.45. The van der Waals surface area contributed by atoms with Crippen molar-refractivity contribution >= 4 is 17.1 Å². The van der Waals surface area contributed by atoms with Crippen LogP contribution in [0.5, 0.6) is 0 Å². The number of benzene rings is 1. The van der Waals surface area contributed by atoms with E-state index in [0.717, 1.165) is 0 Å². The van der Waals surface area contributed by atoms with Gasteiger partial charge in [0.2, 0.25) is 0 Å². The van der Waals surface area contributed by atoms with E-state index in [1.165, 1.54) is 18.3 Å². The van der Waals surface area contributed by atoms with Crippen LogP contribution in [0.1, 0.15) is 17.4 Å². The second-order valence-electron chi connectivity index (χ2n) is 3.61. The summed E-state index contributed by atoms with van der Waals surface area (Å²) in [5.41, 5.74) is -0.889. The van der Waals surface area contributed by atoms with E-state index in [9.17, 15) is 9.90 Å². The Bertz CT molecular complexity index is 476. The second kappa shape index (κ2) is 4.20. The van der Waals surface area contributed by atoms with Crippen LogP contribution < -0.4 is 0 Å². The van der Waals surface area contributed by atoms with Crippen molar-refractivity contribution in [2.24, 2.45) is 0 Å². The van der Waals surface area contributed by atoms with Gasteiger partial charge in [-0.25, -0.2) is 0 Å². The van der Waals surface area contributed by atoms with Gasteiger partial charge < -0.3 is 5.11 Å². The molecule has 1 heterocycles. The second-order valence-corrected chi connectivity index (χ2v) is 4.56. The number of Topliss-reactive ketones (excluding diaryl/α,β-unsaturated/α-hetero) is 1. The van der Waals surface area contributed by atoms with Gasteiger partial charge in [0.25, 0.3) is 0 Å². The van der Waals surface area contributed by atoms with Crippen molar-refractivity contribution in [2.75, 3.05) is 0 Å². The Morgan fingerprint density at radius 3 is 2.38 bits per heavy atom. The van der Waals surface area contributed by atoms with Crippen molar-refractivity contribution in [2.45, 2.75) is 12.5 Å². The van der Waals surface area contributed by atoms with Gasteiger partial charge in [0, 0.05) is 4.88 Å². The molecule has 1 unspecified atom stereocenters. The van der Waals surface area contributed by atoms with E-state index in [4.69, 9.17) is 0 Å². The fourth-order valence-electron chi connectivity index (χ4n) is 1.68. The highest BCUT2D eigenvalue weighted by molar-refractivity contribution is 7.10. The van der Waals surface area contributed by atoms with E-state index in [0.29, 0.717) is 10.4 Å². The molecule has 3 heteroatoms. The Balaban J connectivity index is 2.58. The Labute approximate surface area is 98.2 Å². The molecule has 2 aromatic rings. The number of carbonyl (C=O) groups is 1. The first-order valence-corrected chi connectivity index (χ1v) is 5.86. The van der Waals surface area contributed by atoms with Crippen LogP contribution in [0.25, 0.3) is 0 Å². The third kappa shape index (κ3) is 1.68. The average molecular weight is 232 g/mol. The summed E-state index contributed by atoms with van der Waals surface area (Å²) in [7, 11) is 0. The Morgan fingerprint density at radius 2 is 1.88 bits per heavy atom. The van der Waals surface area contributed by atoms with Gasteiger partial charge in [-0.2, -0.15) is 0 Å². The van der Waals surface area contributed by atoms with Gasteiger partial charge in [-0.05, 0) is 23.9 Å². The van der Waals surface area contributed by atoms with Crippen LogP contribution >= 0.6 is 11.3 Å². The van der Waals surface area contributed by atoms with Gasteiger partial charge >= 0.3 is 0 Å². The molecule has 0 fully saturated rings. The van der Waals surface area contributed by atoms with Crippen LogP contribution in [0.2, 0.25) is 0 Å². The number of hydrogen-bond donors (Lipinski definition) is 1. The number of ketones is 1. The molecule has 82 valence electrons. The maximum Gasteiger partial charge on any atom is 0.182 e. The summed E-state index contributed by atoms with van der Waals surface area (Å²) in [6.07, 6.45) is 0. The SMILES string of the molecule is CC(=O)C(O)(c1ccccc1)c1cccs1. The molecule has 1 aromatic carbocycles. The lowest BCUT2D eigenvalue weighted by Crippen LogP contribution is -2.34. The minimum Gasteiger partial charge on any atom is -0.373 e. The lowest BCUT2D eigenvalue weighted by atomic mass is 9.88. The van der Waals surface area contributed by atoms with Gasteiger partial charge in [0.1, 0.15) is 0 Å². The maximum atomic E-state index is 11.7. The summed E-state index contributed by atoms with van der Waals surface area (Å²) in [5, 5.41) is 12.4. The van der Waals surface area contributed by atoms with E-state index < -0.39 is 5.60 Å². The fraction of sp³-hybridized carbons (Fsp3) is 0.154. The highest BCUT2D eigenvalue weighted by atomic mass is 32.1. The highest BCUT2D eigenvalue weighted by Gasteiger charge is 2.37. The van der Waals surface area contributed by atoms with Gasteiger partial charge in [0.05, 0.1) is 0 Å². The summed E-state index contributed by atoms with van der Waals surface area (Å²) in [5.74, 6) is -0.263. The molecule has 1 N–H and O–H groups in total. The van der Waals surface area contributed by atoms with E-state index in [1.807, 2.05) is 29.6 Å². The van der Waals surface area contributed by atoms with Crippen LogP contribution in [0.3, 0.4) is 0 Å². The number of rotatable bonds is 3.